The maximum Gasteiger partial charge on any atom is 0.301 e. The van der Waals surface area contributed by atoms with E-state index in [1.807, 2.05) is 38.1 Å². The van der Waals surface area contributed by atoms with E-state index in [1.54, 1.807) is 31.2 Å². The van der Waals surface area contributed by atoms with E-state index in [1.165, 1.54) is 16.2 Å². The van der Waals surface area contributed by atoms with Gasteiger partial charge < -0.3 is 9.84 Å². The van der Waals surface area contributed by atoms with E-state index in [-0.39, 0.29) is 17.4 Å². The average Bonchev–Trinajstić information content (AvgIpc) is 3.34. The molecule has 0 unspecified atom stereocenters. The van der Waals surface area contributed by atoms with Gasteiger partial charge in [-0.1, -0.05) is 49.4 Å². The molecule has 0 radical (unpaired) electrons. The van der Waals surface area contributed by atoms with Crippen LogP contribution in [-0.2, 0) is 9.59 Å². The molecule has 1 saturated heterocycles. The summed E-state index contributed by atoms with van der Waals surface area (Å²) in [5.41, 5.74) is 2.28. The lowest BCUT2D eigenvalue weighted by molar-refractivity contribution is -0.132. The zero-order chi connectivity index (χ0) is 24.6. The first-order valence-corrected chi connectivity index (χ1v) is 12.0. The number of aromatic nitrogens is 2. The first-order chi connectivity index (χ1) is 16.2. The Labute approximate surface area is 202 Å². The molecule has 1 aliphatic heterocycles. The summed E-state index contributed by atoms with van der Waals surface area (Å²) in [5, 5.41) is 20.4. The van der Waals surface area contributed by atoms with Crippen molar-refractivity contribution in [2.75, 3.05) is 4.90 Å². The number of rotatable bonds is 6. The number of Topliss-reactive ketones (excluding diaryl/α,β-unsaturated/α-hetero) is 1. The number of carbonyl (C=O) groups is 2. The van der Waals surface area contributed by atoms with E-state index in [2.05, 4.69) is 24.0 Å². The minimum Gasteiger partial charge on any atom is -0.507 e. The fourth-order valence-corrected chi connectivity index (χ4v) is 4.63. The van der Waals surface area contributed by atoms with E-state index in [0.29, 0.717) is 32.9 Å². The fourth-order valence-electron chi connectivity index (χ4n) is 3.91. The van der Waals surface area contributed by atoms with Crippen LogP contribution in [0.25, 0.3) is 5.76 Å². The molecule has 1 fully saturated rings. The minimum atomic E-state index is -0.819. The topological polar surface area (TPSA) is 92.6 Å². The summed E-state index contributed by atoms with van der Waals surface area (Å²) in [6.45, 7) is 9.82. The van der Waals surface area contributed by atoms with Crippen molar-refractivity contribution in [1.82, 2.24) is 10.2 Å². The largest absolute Gasteiger partial charge is 0.507 e. The molecule has 1 atom stereocenters. The van der Waals surface area contributed by atoms with Crippen LogP contribution in [0.3, 0.4) is 0 Å². The summed E-state index contributed by atoms with van der Waals surface area (Å²) in [7, 11) is 0. The number of hydrogen-bond donors (Lipinski definition) is 1. The van der Waals surface area contributed by atoms with Gasteiger partial charge in [-0.05, 0) is 62.1 Å². The van der Waals surface area contributed by atoms with Crippen molar-refractivity contribution in [3.63, 3.8) is 0 Å². The molecule has 2 heterocycles. The first kappa shape index (κ1) is 23.6. The summed E-state index contributed by atoms with van der Waals surface area (Å²) in [4.78, 5) is 27.7. The molecular formula is C26H27N3O4S. The number of ketones is 1. The molecular weight excluding hydrogens is 450 g/mol. The van der Waals surface area contributed by atoms with Gasteiger partial charge in [-0.2, -0.15) is 0 Å². The Balaban J connectivity index is 1.84. The quantitative estimate of drug-likeness (QED) is 0.291. The highest BCUT2D eigenvalue weighted by atomic mass is 32.1. The van der Waals surface area contributed by atoms with Gasteiger partial charge in [0.05, 0.1) is 17.7 Å². The smallest absolute Gasteiger partial charge is 0.301 e. The third kappa shape index (κ3) is 4.46. The molecule has 4 rings (SSSR count). The standard InChI is InChI=1S/C26H27N3O4S/c1-14(2)17-6-8-18(9-7-17)22-21(23(30)19-10-12-20(13-11-19)33-15(3)4)24(31)25(32)29(22)26-28-27-16(5)34-26/h6-15,22,30H,1-5H3/b23-21+/t22-/m0/s1. The van der Waals surface area contributed by atoms with Crippen molar-refractivity contribution in [2.45, 2.75) is 52.7 Å². The third-order valence-electron chi connectivity index (χ3n) is 5.58. The van der Waals surface area contributed by atoms with E-state index >= 15 is 0 Å². The van der Waals surface area contributed by atoms with Crippen LogP contribution >= 0.6 is 11.3 Å². The predicted molar refractivity (Wildman–Crippen MR) is 132 cm³/mol. The average molecular weight is 478 g/mol. The number of anilines is 1. The van der Waals surface area contributed by atoms with Crippen molar-refractivity contribution < 1.29 is 19.4 Å². The molecule has 0 saturated carbocycles. The molecule has 2 aromatic carbocycles. The van der Waals surface area contributed by atoms with Crippen LogP contribution in [0.5, 0.6) is 5.75 Å². The van der Waals surface area contributed by atoms with Gasteiger partial charge in [0.15, 0.2) is 0 Å². The van der Waals surface area contributed by atoms with Crippen LogP contribution in [0.4, 0.5) is 5.13 Å². The van der Waals surface area contributed by atoms with Crippen LogP contribution < -0.4 is 9.64 Å². The van der Waals surface area contributed by atoms with E-state index < -0.39 is 17.7 Å². The molecule has 0 spiro atoms. The number of aliphatic hydroxyl groups is 1. The van der Waals surface area contributed by atoms with Gasteiger partial charge in [-0.25, -0.2) is 0 Å². The lowest BCUT2D eigenvalue weighted by Crippen LogP contribution is -2.29. The number of amides is 1. The highest BCUT2D eigenvalue weighted by molar-refractivity contribution is 7.15. The SMILES string of the molecule is Cc1nnc(N2C(=O)C(=O)/C(=C(/O)c3ccc(OC(C)C)cc3)[C@@H]2c2ccc(C(C)C)cc2)s1. The maximum atomic E-state index is 13.2. The zero-order valence-corrected chi connectivity index (χ0v) is 20.6. The van der Waals surface area contributed by atoms with Crippen LogP contribution in [0, 0.1) is 6.92 Å². The number of carbonyl (C=O) groups excluding carboxylic acids is 2. The summed E-state index contributed by atoms with van der Waals surface area (Å²) in [6.07, 6.45) is 0.00828. The van der Waals surface area contributed by atoms with E-state index in [9.17, 15) is 14.7 Å². The Bertz CT molecular complexity index is 1240. The van der Waals surface area contributed by atoms with Crippen molar-refractivity contribution in [3.05, 3.63) is 75.8 Å². The van der Waals surface area contributed by atoms with E-state index in [0.717, 1.165) is 5.56 Å². The van der Waals surface area contributed by atoms with Crippen LogP contribution in [0.15, 0.2) is 54.1 Å². The van der Waals surface area contributed by atoms with Crippen molar-refractivity contribution in [3.8, 4) is 5.75 Å². The van der Waals surface area contributed by atoms with Crippen molar-refractivity contribution >= 4 is 33.9 Å². The Hall–Kier alpha value is -3.52. The number of nitrogens with zero attached hydrogens (tertiary/aromatic N) is 3. The number of ether oxygens (including phenoxy) is 1. The summed E-state index contributed by atoms with van der Waals surface area (Å²) >= 11 is 1.22. The zero-order valence-electron chi connectivity index (χ0n) is 19.8. The van der Waals surface area contributed by atoms with Crippen LogP contribution in [0.1, 0.15) is 61.4 Å². The van der Waals surface area contributed by atoms with Gasteiger partial charge in [0.25, 0.3) is 5.78 Å². The van der Waals surface area contributed by atoms with Crippen LogP contribution in [0.2, 0.25) is 0 Å². The Kier molecular flexibility index (Phi) is 6.52. The normalized spacial score (nSPS) is 17.7. The first-order valence-electron chi connectivity index (χ1n) is 11.2. The minimum absolute atomic E-state index is 0.00828. The van der Waals surface area contributed by atoms with Crippen molar-refractivity contribution in [2.24, 2.45) is 0 Å². The van der Waals surface area contributed by atoms with Gasteiger partial charge in [0.2, 0.25) is 5.13 Å². The third-order valence-corrected chi connectivity index (χ3v) is 6.42. The van der Waals surface area contributed by atoms with Gasteiger partial charge in [0.1, 0.15) is 16.5 Å². The van der Waals surface area contributed by atoms with Gasteiger partial charge >= 0.3 is 5.91 Å². The second-order valence-electron chi connectivity index (χ2n) is 8.79. The maximum absolute atomic E-state index is 13.2. The second kappa shape index (κ2) is 9.38. The Morgan fingerprint density at radius 3 is 2.18 bits per heavy atom. The molecule has 34 heavy (non-hydrogen) atoms. The van der Waals surface area contributed by atoms with Crippen LogP contribution in [-0.4, -0.2) is 33.1 Å². The molecule has 0 bridgehead atoms. The summed E-state index contributed by atoms with van der Waals surface area (Å²) in [5.74, 6) is -0.757. The highest BCUT2D eigenvalue weighted by Crippen LogP contribution is 2.43. The number of hydrogen-bond acceptors (Lipinski definition) is 7. The van der Waals surface area contributed by atoms with Gasteiger partial charge in [-0.3, -0.25) is 14.5 Å². The molecule has 176 valence electrons. The number of benzene rings is 2. The molecule has 7 nitrogen and oxygen atoms in total. The predicted octanol–water partition coefficient (Wildman–Crippen LogP) is 5.38. The molecule has 0 aliphatic carbocycles. The molecule has 8 heteroatoms. The number of aliphatic hydroxyl groups excluding tert-OH is 1. The molecule has 1 amide bonds. The van der Waals surface area contributed by atoms with Gasteiger partial charge in [-0.15, -0.1) is 10.2 Å². The summed E-state index contributed by atoms with van der Waals surface area (Å²) < 4.78 is 5.67. The lowest BCUT2D eigenvalue weighted by atomic mass is 9.93. The van der Waals surface area contributed by atoms with E-state index in [4.69, 9.17) is 4.74 Å². The molecule has 1 aliphatic rings. The molecule has 1 N–H and O–H groups in total. The Morgan fingerprint density at radius 1 is 1.00 bits per heavy atom. The van der Waals surface area contributed by atoms with Gasteiger partial charge in [0, 0.05) is 5.56 Å². The second-order valence-corrected chi connectivity index (χ2v) is 9.95. The number of aryl methyl sites for hydroxylation is 1. The fraction of sp³-hybridized carbons (Fsp3) is 0.308. The molecule has 1 aromatic heterocycles. The summed E-state index contributed by atoms with van der Waals surface area (Å²) in [6, 6.07) is 13.7. The van der Waals surface area contributed by atoms with Crippen molar-refractivity contribution in [1.29, 1.82) is 0 Å². The monoisotopic (exact) mass is 477 g/mol. The molecule has 3 aromatic rings. The lowest BCUT2D eigenvalue weighted by Gasteiger charge is -2.23. The Morgan fingerprint density at radius 2 is 1.65 bits per heavy atom. The highest BCUT2D eigenvalue weighted by Gasteiger charge is 2.48.